The molecule has 1 aromatic heterocycles. The van der Waals surface area contributed by atoms with Gasteiger partial charge in [0.2, 0.25) is 10.0 Å². The predicted octanol–water partition coefficient (Wildman–Crippen LogP) is 0.0686. The van der Waals surface area contributed by atoms with Crippen LogP contribution in [0.3, 0.4) is 0 Å². The van der Waals surface area contributed by atoms with E-state index in [2.05, 4.69) is 9.82 Å². The first kappa shape index (κ1) is 14.3. The summed E-state index contributed by atoms with van der Waals surface area (Å²) in [5.41, 5.74) is 4.68. The van der Waals surface area contributed by atoms with E-state index in [-0.39, 0.29) is 17.3 Å². The summed E-state index contributed by atoms with van der Waals surface area (Å²) in [6.45, 7) is 2.41. The molecule has 0 atom stereocenters. The van der Waals surface area contributed by atoms with Crippen molar-refractivity contribution in [2.45, 2.75) is 49.6 Å². The first-order valence-electron chi connectivity index (χ1n) is 6.41. The van der Waals surface area contributed by atoms with Crippen LogP contribution in [-0.2, 0) is 16.6 Å². The van der Waals surface area contributed by atoms with Crippen molar-refractivity contribution in [1.82, 2.24) is 14.5 Å². The number of anilines is 1. The number of nitrogens with one attached hydrogen (secondary N) is 1. The Bertz CT molecular complexity index is 546. The molecule has 1 heterocycles. The smallest absolute Gasteiger partial charge is 0.245 e. The highest BCUT2D eigenvalue weighted by molar-refractivity contribution is 7.89. The molecule has 0 radical (unpaired) electrons. The Morgan fingerprint density at radius 1 is 1.53 bits per heavy atom. The van der Waals surface area contributed by atoms with Gasteiger partial charge in [0, 0.05) is 19.3 Å². The topological polar surface area (TPSA) is 110 Å². The molecule has 0 amide bonds. The summed E-state index contributed by atoms with van der Waals surface area (Å²) in [5, 5.41) is 14.0. The van der Waals surface area contributed by atoms with E-state index < -0.39 is 15.6 Å². The summed E-state index contributed by atoms with van der Waals surface area (Å²) >= 11 is 0. The van der Waals surface area contributed by atoms with Gasteiger partial charge in [-0.3, -0.25) is 4.68 Å². The van der Waals surface area contributed by atoms with Crippen molar-refractivity contribution >= 4 is 15.8 Å². The van der Waals surface area contributed by atoms with Gasteiger partial charge in [-0.25, -0.2) is 13.1 Å². The Hall–Kier alpha value is -1.12. The van der Waals surface area contributed by atoms with Crippen LogP contribution in [-0.4, -0.2) is 35.5 Å². The third-order valence-electron chi connectivity index (χ3n) is 3.49. The lowest BCUT2D eigenvalue weighted by atomic mass is 10.0. The molecule has 108 valence electrons. The summed E-state index contributed by atoms with van der Waals surface area (Å²) < 4.78 is 28.1. The normalized spacial score (nSPS) is 18.8. The number of nitrogens with two attached hydrogens (primary N) is 1. The number of hydrogen-bond acceptors (Lipinski definition) is 5. The van der Waals surface area contributed by atoms with Crippen molar-refractivity contribution in [2.24, 2.45) is 0 Å². The van der Waals surface area contributed by atoms with Gasteiger partial charge in [0.1, 0.15) is 4.90 Å². The molecule has 0 aromatic carbocycles. The summed E-state index contributed by atoms with van der Waals surface area (Å²) in [4.78, 5) is -0.0315. The third-order valence-corrected chi connectivity index (χ3v) is 4.91. The van der Waals surface area contributed by atoms with E-state index in [9.17, 15) is 13.5 Å². The molecule has 1 saturated carbocycles. The molecule has 19 heavy (non-hydrogen) atoms. The van der Waals surface area contributed by atoms with Gasteiger partial charge in [-0.1, -0.05) is 12.8 Å². The van der Waals surface area contributed by atoms with Crippen molar-refractivity contribution in [3.05, 3.63) is 6.20 Å². The number of aliphatic hydroxyl groups is 1. The van der Waals surface area contributed by atoms with Gasteiger partial charge < -0.3 is 10.8 Å². The van der Waals surface area contributed by atoms with E-state index in [1.807, 2.05) is 6.92 Å². The second-order valence-corrected chi connectivity index (χ2v) is 6.73. The Balaban J connectivity index is 2.11. The maximum absolute atomic E-state index is 12.1. The van der Waals surface area contributed by atoms with Gasteiger partial charge in [-0.2, -0.15) is 5.10 Å². The van der Waals surface area contributed by atoms with Gasteiger partial charge in [0.05, 0.1) is 5.60 Å². The highest BCUT2D eigenvalue weighted by Gasteiger charge is 2.33. The average Bonchev–Trinajstić information content (AvgIpc) is 2.94. The van der Waals surface area contributed by atoms with E-state index in [1.165, 1.54) is 10.9 Å². The molecule has 0 unspecified atom stereocenters. The highest BCUT2D eigenvalue weighted by Crippen LogP contribution is 2.29. The second-order valence-electron chi connectivity index (χ2n) is 4.99. The minimum atomic E-state index is -3.72. The lowest BCUT2D eigenvalue weighted by molar-refractivity contribution is 0.0532. The Morgan fingerprint density at radius 3 is 2.68 bits per heavy atom. The number of hydrogen-bond donors (Lipinski definition) is 3. The second kappa shape index (κ2) is 5.10. The van der Waals surface area contributed by atoms with E-state index in [0.717, 1.165) is 12.8 Å². The van der Waals surface area contributed by atoms with Gasteiger partial charge >= 0.3 is 0 Å². The van der Waals surface area contributed by atoms with Gasteiger partial charge in [-0.05, 0) is 19.8 Å². The van der Waals surface area contributed by atoms with Crippen molar-refractivity contribution in [1.29, 1.82) is 0 Å². The molecule has 1 fully saturated rings. The van der Waals surface area contributed by atoms with Crippen LogP contribution in [0.15, 0.2) is 11.1 Å². The Labute approximate surface area is 112 Å². The number of rotatable bonds is 5. The summed E-state index contributed by atoms with van der Waals surface area (Å²) in [6, 6.07) is 0. The number of aromatic nitrogens is 2. The van der Waals surface area contributed by atoms with Crippen LogP contribution in [0, 0.1) is 0 Å². The quantitative estimate of drug-likeness (QED) is 0.710. The summed E-state index contributed by atoms with van der Waals surface area (Å²) in [5.74, 6) is -0.0206. The van der Waals surface area contributed by atoms with Crippen LogP contribution in [0.2, 0.25) is 0 Å². The number of nitrogens with zero attached hydrogens (tertiary/aromatic N) is 2. The largest absolute Gasteiger partial charge is 0.389 e. The molecule has 1 aliphatic rings. The molecule has 7 nitrogen and oxygen atoms in total. The summed E-state index contributed by atoms with van der Waals surface area (Å²) in [6.07, 6.45) is 4.50. The van der Waals surface area contributed by atoms with E-state index >= 15 is 0 Å². The molecule has 0 saturated heterocycles. The fourth-order valence-corrected chi connectivity index (χ4v) is 3.49. The van der Waals surface area contributed by atoms with Crippen LogP contribution >= 0.6 is 0 Å². The first-order chi connectivity index (χ1) is 8.86. The SMILES string of the molecule is CCn1cc(S(=O)(=O)NCC2(O)CCCC2)c(N)n1. The highest BCUT2D eigenvalue weighted by atomic mass is 32.2. The summed E-state index contributed by atoms with van der Waals surface area (Å²) in [7, 11) is -3.72. The minimum Gasteiger partial charge on any atom is -0.389 e. The zero-order chi connectivity index (χ0) is 14.1. The Morgan fingerprint density at radius 2 is 2.16 bits per heavy atom. The van der Waals surface area contributed by atoms with Crippen LogP contribution in [0.5, 0.6) is 0 Å². The van der Waals surface area contributed by atoms with Crippen LogP contribution in [0.1, 0.15) is 32.6 Å². The lowest BCUT2D eigenvalue weighted by Gasteiger charge is -2.22. The molecule has 0 aliphatic heterocycles. The van der Waals surface area contributed by atoms with E-state index in [0.29, 0.717) is 19.4 Å². The molecule has 8 heteroatoms. The maximum Gasteiger partial charge on any atom is 0.245 e. The molecular formula is C11H20N4O3S. The maximum atomic E-state index is 12.1. The lowest BCUT2D eigenvalue weighted by Crippen LogP contribution is -2.40. The fourth-order valence-electron chi connectivity index (χ4n) is 2.30. The molecule has 1 aromatic rings. The number of nitrogen functional groups attached to an aromatic ring is 1. The molecule has 2 rings (SSSR count). The average molecular weight is 288 g/mol. The van der Waals surface area contributed by atoms with Crippen molar-refractivity contribution < 1.29 is 13.5 Å². The number of sulfonamides is 1. The van der Waals surface area contributed by atoms with E-state index in [1.54, 1.807) is 0 Å². The van der Waals surface area contributed by atoms with E-state index in [4.69, 9.17) is 5.73 Å². The minimum absolute atomic E-state index is 0.0199. The van der Waals surface area contributed by atoms with Gasteiger partial charge in [0.15, 0.2) is 5.82 Å². The zero-order valence-electron chi connectivity index (χ0n) is 11.0. The van der Waals surface area contributed by atoms with Crippen LogP contribution in [0.25, 0.3) is 0 Å². The van der Waals surface area contributed by atoms with Gasteiger partial charge in [0.25, 0.3) is 0 Å². The molecule has 0 bridgehead atoms. The van der Waals surface area contributed by atoms with Crippen molar-refractivity contribution in [3.8, 4) is 0 Å². The standard InChI is InChI=1S/C11H20N4O3S/c1-2-15-7-9(10(12)14-15)19(17,18)13-8-11(16)5-3-4-6-11/h7,13,16H,2-6,8H2,1H3,(H2,12,14). The zero-order valence-corrected chi connectivity index (χ0v) is 11.8. The van der Waals surface area contributed by atoms with Crippen molar-refractivity contribution in [2.75, 3.05) is 12.3 Å². The molecule has 1 aliphatic carbocycles. The van der Waals surface area contributed by atoms with Gasteiger partial charge in [-0.15, -0.1) is 0 Å². The molecule has 4 N–H and O–H groups in total. The third kappa shape index (κ3) is 3.07. The van der Waals surface area contributed by atoms with Crippen LogP contribution in [0.4, 0.5) is 5.82 Å². The van der Waals surface area contributed by atoms with Crippen molar-refractivity contribution in [3.63, 3.8) is 0 Å². The predicted molar refractivity (Wildman–Crippen MR) is 70.9 cm³/mol. The number of aryl methyl sites for hydroxylation is 1. The monoisotopic (exact) mass is 288 g/mol. The molecule has 0 spiro atoms. The fraction of sp³-hybridized carbons (Fsp3) is 0.727. The Kier molecular flexibility index (Phi) is 3.84. The first-order valence-corrected chi connectivity index (χ1v) is 7.90. The van der Waals surface area contributed by atoms with Crippen LogP contribution < -0.4 is 10.5 Å². The molecular weight excluding hydrogens is 268 g/mol.